The van der Waals surface area contributed by atoms with Crippen molar-refractivity contribution in [3.63, 3.8) is 0 Å². The molecule has 0 aromatic rings. The quantitative estimate of drug-likeness (QED) is 0.593. The highest BCUT2D eigenvalue weighted by molar-refractivity contribution is 4.89. The van der Waals surface area contributed by atoms with E-state index >= 15 is 0 Å². The number of nitrogens with one attached hydrogen (secondary N) is 1. The number of hydrogen-bond donors (Lipinski definition) is 2. The average Bonchev–Trinajstić information content (AvgIpc) is 2.39. The van der Waals surface area contributed by atoms with E-state index in [2.05, 4.69) is 33.1 Å². The molecule has 0 amide bonds. The molecule has 0 aromatic heterocycles. The molecule has 2 fully saturated rings. The summed E-state index contributed by atoms with van der Waals surface area (Å²) >= 11 is 0. The molecule has 0 bridgehead atoms. The molecule has 2 saturated carbocycles. The SMILES string of the molecule is CC1CC(C)CC(C(NN)C2CCC(C(C)C)CC2)C1. The summed E-state index contributed by atoms with van der Waals surface area (Å²) in [6.07, 6.45) is 9.77. The van der Waals surface area contributed by atoms with Crippen LogP contribution in [0.5, 0.6) is 0 Å². The minimum atomic E-state index is 0.563. The van der Waals surface area contributed by atoms with Crippen LogP contribution in [0.25, 0.3) is 0 Å². The van der Waals surface area contributed by atoms with Gasteiger partial charge in [0.05, 0.1) is 0 Å². The number of hydrogen-bond acceptors (Lipinski definition) is 2. The molecule has 3 N–H and O–H groups in total. The van der Waals surface area contributed by atoms with Crippen LogP contribution in [0.3, 0.4) is 0 Å². The Balaban J connectivity index is 1.92. The van der Waals surface area contributed by atoms with E-state index in [1.54, 1.807) is 0 Å². The van der Waals surface area contributed by atoms with E-state index in [1.807, 2.05) is 0 Å². The molecular formula is C18H36N2. The van der Waals surface area contributed by atoms with E-state index in [0.717, 1.165) is 35.5 Å². The highest BCUT2D eigenvalue weighted by Gasteiger charge is 2.36. The Hall–Kier alpha value is -0.0800. The summed E-state index contributed by atoms with van der Waals surface area (Å²) in [6.45, 7) is 9.61. The van der Waals surface area contributed by atoms with Gasteiger partial charge in [0.15, 0.2) is 0 Å². The molecule has 0 aromatic carbocycles. The second-order valence-electron chi connectivity index (χ2n) is 8.29. The first-order valence-electron chi connectivity index (χ1n) is 8.97. The second kappa shape index (κ2) is 7.26. The van der Waals surface area contributed by atoms with E-state index in [-0.39, 0.29) is 0 Å². The van der Waals surface area contributed by atoms with Crippen LogP contribution in [0, 0.1) is 35.5 Å². The van der Waals surface area contributed by atoms with Crippen LogP contribution >= 0.6 is 0 Å². The fourth-order valence-corrected chi connectivity index (χ4v) is 5.13. The Bertz CT molecular complexity index is 271. The molecular weight excluding hydrogens is 244 g/mol. The van der Waals surface area contributed by atoms with Crippen LogP contribution in [0.4, 0.5) is 0 Å². The lowest BCUT2D eigenvalue weighted by Crippen LogP contribution is -2.49. The monoisotopic (exact) mass is 280 g/mol. The van der Waals surface area contributed by atoms with Crippen LogP contribution < -0.4 is 11.3 Å². The van der Waals surface area contributed by atoms with E-state index in [4.69, 9.17) is 5.84 Å². The van der Waals surface area contributed by atoms with Crippen molar-refractivity contribution < 1.29 is 0 Å². The van der Waals surface area contributed by atoms with E-state index in [9.17, 15) is 0 Å². The van der Waals surface area contributed by atoms with Gasteiger partial charge in [-0.1, -0.05) is 27.7 Å². The summed E-state index contributed by atoms with van der Waals surface area (Å²) in [4.78, 5) is 0. The van der Waals surface area contributed by atoms with Crippen LogP contribution in [0.2, 0.25) is 0 Å². The van der Waals surface area contributed by atoms with Gasteiger partial charge in [-0.05, 0) is 80.5 Å². The van der Waals surface area contributed by atoms with Crippen molar-refractivity contribution >= 4 is 0 Å². The zero-order valence-corrected chi connectivity index (χ0v) is 14.1. The zero-order chi connectivity index (χ0) is 14.7. The lowest BCUT2D eigenvalue weighted by Gasteiger charge is -2.42. The summed E-state index contributed by atoms with van der Waals surface area (Å²) in [7, 11) is 0. The van der Waals surface area contributed by atoms with E-state index in [1.165, 1.54) is 44.9 Å². The fraction of sp³-hybridized carbons (Fsp3) is 1.00. The molecule has 0 radical (unpaired) electrons. The molecule has 2 rings (SSSR count). The standard InChI is InChI=1S/C18H36N2/c1-12(2)15-5-7-16(8-6-15)18(20-19)17-10-13(3)9-14(4)11-17/h12-18,20H,5-11,19H2,1-4H3. The molecule has 0 spiro atoms. The largest absolute Gasteiger partial charge is 0.271 e. The molecule has 20 heavy (non-hydrogen) atoms. The van der Waals surface area contributed by atoms with Crippen molar-refractivity contribution in [1.29, 1.82) is 0 Å². The lowest BCUT2D eigenvalue weighted by molar-refractivity contribution is 0.108. The van der Waals surface area contributed by atoms with Crippen LogP contribution in [-0.4, -0.2) is 6.04 Å². The highest BCUT2D eigenvalue weighted by atomic mass is 15.2. The normalized spacial score (nSPS) is 40.8. The summed E-state index contributed by atoms with van der Waals surface area (Å²) < 4.78 is 0. The van der Waals surface area contributed by atoms with E-state index in [0.29, 0.717) is 6.04 Å². The van der Waals surface area contributed by atoms with Crippen molar-refractivity contribution in [3.05, 3.63) is 0 Å². The summed E-state index contributed by atoms with van der Waals surface area (Å²) in [6, 6.07) is 0.563. The van der Waals surface area contributed by atoms with Gasteiger partial charge in [0.25, 0.3) is 0 Å². The molecule has 0 saturated heterocycles. The lowest BCUT2D eigenvalue weighted by atomic mass is 9.67. The second-order valence-corrected chi connectivity index (χ2v) is 8.29. The number of nitrogens with two attached hydrogens (primary N) is 1. The topological polar surface area (TPSA) is 38.0 Å². The number of rotatable bonds is 4. The van der Waals surface area contributed by atoms with Gasteiger partial charge in [0.1, 0.15) is 0 Å². The molecule has 2 aliphatic carbocycles. The van der Waals surface area contributed by atoms with Crippen molar-refractivity contribution in [2.45, 2.75) is 78.7 Å². The predicted molar refractivity (Wildman–Crippen MR) is 87.1 cm³/mol. The summed E-state index contributed by atoms with van der Waals surface area (Å²) in [5.74, 6) is 11.2. The van der Waals surface area contributed by atoms with Crippen LogP contribution in [-0.2, 0) is 0 Å². The average molecular weight is 280 g/mol. The van der Waals surface area contributed by atoms with Gasteiger partial charge < -0.3 is 0 Å². The van der Waals surface area contributed by atoms with Crippen molar-refractivity contribution in [2.24, 2.45) is 41.4 Å². The highest BCUT2D eigenvalue weighted by Crippen LogP contribution is 2.41. The molecule has 0 aliphatic heterocycles. The minimum absolute atomic E-state index is 0.563. The molecule has 2 nitrogen and oxygen atoms in total. The van der Waals surface area contributed by atoms with Crippen LogP contribution in [0.1, 0.15) is 72.6 Å². The third-order valence-corrected chi connectivity index (χ3v) is 6.18. The van der Waals surface area contributed by atoms with Crippen molar-refractivity contribution in [3.8, 4) is 0 Å². The maximum absolute atomic E-state index is 5.97. The Morgan fingerprint density at radius 1 is 0.800 bits per heavy atom. The molecule has 2 aliphatic rings. The van der Waals surface area contributed by atoms with Gasteiger partial charge >= 0.3 is 0 Å². The maximum Gasteiger partial charge on any atom is 0.0267 e. The predicted octanol–water partition coefficient (Wildman–Crippen LogP) is 4.35. The zero-order valence-electron chi connectivity index (χ0n) is 14.1. The Morgan fingerprint density at radius 3 is 1.75 bits per heavy atom. The molecule has 0 heterocycles. The summed E-state index contributed by atoms with van der Waals surface area (Å²) in [5, 5.41) is 0. The molecule has 118 valence electrons. The first-order chi connectivity index (χ1) is 9.51. The first-order valence-corrected chi connectivity index (χ1v) is 8.97. The minimum Gasteiger partial charge on any atom is -0.271 e. The van der Waals surface area contributed by atoms with E-state index < -0.39 is 0 Å². The Morgan fingerprint density at radius 2 is 1.30 bits per heavy atom. The number of hydrazine groups is 1. The molecule has 2 heteroatoms. The van der Waals surface area contributed by atoms with Gasteiger partial charge in [0, 0.05) is 6.04 Å². The van der Waals surface area contributed by atoms with Gasteiger partial charge in [-0.2, -0.15) is 0 Å². The van der Waals surface area contributed by atoms with Crippen molar-refractivity contribution in [1.82, 2.24) is 5.43 Å². The van der Waals surface area contributed by atoms with Crippen molar-refractivity contribution in [2.75, 3.05) is 0 Å². The van der Waals surface area contributed by atoms with Gasteiger partial charge in [-0.3, -0.25) is 11.3 Å². The molecule has 3 atom stereocenters. The fourth-order valence-electron chi connectivity index (χ4n) is 5.13. The Labute approximate surface area is 126 Å². The Kier molecular flexibility index (Phi) is 5.92. The van der Waals surface area contributed by atoms with Gasteiger partial charge in [-0.25, -0.2) is 0 Å². The third kappa shape index (κ3) is 3.98. The van der Waals surface area contributed by atoms with Gasteiger partial charge in [0.2, 0.25) is 0 Å². The van der Waals surface area contributed by atoms with Crippen LogP contribution in [0.15, 0.2) is 0 Å². The maximum atomic E-state index is 5.97. The molecule has 3 unspecified atom stereocenters. The van der Waals surface area contributed by atoms with Gasteiger partial charge in [-0.15, -0.1) is 0 Å². The summed E-state index contributed by atoms with van der Waals surface area (Å²) in [5.41, 5.74) is 3.23. The smallest absolute Gasteiger partial charge is 0.0267 e. The first kappa shape index (κ1) is 16.3. The third-order valence-electron chi connectivity index (χ3n) is 6.18.